The number of hydrogen-bond acceptors (Lipinski definition) is 3. The van der Waals surface area contributed by atoms with E-state index in [1.54, 1.807) is 27.7 Å². The lowest BCUT2D eigenvalue weighted by Gasteiger charge is -2.32. The Hall–Kier alpha value is -1.59. The van der Waals surface area contributed by atoms with E-state index >= 15 is 0 Å². The smallest absolute Gasteiger partial charge is 0.399 e. The standard InChI is InChI=1S/C16H21BN2O2/c1-12-7-6-8-14(9-12)19-11-13(10-18-19)17-20-15(2,3)16(4,5)21-17/h6-11H,1-5H3/i1D3,6D,7D,8D,9D,10D,11D. The Morgan fingerprint density at radius 2 is 1.95 bits per heavy atom. The predicted molar refractivity (Wildman–Crippen MR) is 84.0 cm³/mol. The highest BCUT2D eigenvalue weighted by molar-refractivity contribution is 6.62. The van der Waals surface area contributed by atoms with E-state index in [2.05, 4.69) is 5.10 Å². The minimum absolute atomic E-state index is 0.0376. The molecule has 3 rings (SSSR count). The van der Waals surface area contributed by atoms with Gasteiger partial charge in [0, 0.05) is 21.9 Å². The van der Waals surface area contributed by atoms with E-state index in [4.69, 9.17) is 21.6 Å². The molecule has 110 valence electrons. The van der Waals surface area contributed by atoms with Crippen LogP contribution in [0.5, 0.6) is 0 Å². The normalized spacial score (nSPS) is 26.7. The van der Waals surface area contributed by atoms with Crippen molar-refractivity contribution in [3.63, 3.8) is 0 Å². The summed E-state index contributed by atoms with van der Waals surface area (Å²) >= 11 is 0. The molecule has 0 amide bonds. The molecule has 0 atom stereocenters. The zero-order valence-corrected chi connectivity index (χ0v) is 12.3. The van der Waals surface area contributed by atoms with Crippen molar-refractivity contribution in [3.05, 3.63) is 42.1 Å². The number of rotatable bonds is 2. The van der Waals surface area contributed by atoms with Gasteiger partial charge in [-0.2, -0.15) is 5.10 Å². The molecule has 0 spiro atoms. The number of benzene rings is 1. The fraction of sp³-hybridized carbons (Fsp3) is 0.438. The highest BCUT2D eigenvalue weighted by Crippen LogP contribution is 2.36. The van der Waals surface area contributed by atoms with Crippen molar-refractivity contribution < 1.29 is 21.6 Å². The summed E-state index contributed by atoms with van der Waals surface area (Å²) < 4.78 is 84.2. The molecular formula is C16H21BN2O2. The monoisotopic (exact) mass is 293 g/mol. The molecular weight excluding hydrogens is 263 g/mol. The van der Waals surface area contributed by atoms with Crippen LogP contribution >= 0.6 is 0 Å². The molecule has 1 aromatic carbocycles. The van der Waals surface area contributed by atoms with Crippen molar-refractivity contribution in [2.24, 2.45) is 0 Å². The van der Waals surface area contributed by atoms with Crippen molar-refractivity contribution >= 4 is 12.6 Å². The minimum Gasteiger partial charge on any atom is -0.399 e. The van der Waals surface area contributed by atoms with Crippen LogP contribution in [0.3, 0.4) is 0 Å². The first-order valence-corrected chi connectivity index (χ1v) is 6.54. The third-order valence-corrected chi connectivity index (χ3v) is 3.81. The van der Waals surface area contributed by atoms with Crippen LogP contribution in [-0.4, -0.2) is 28.1 Å². The fourth-order valence-electron chi connectivity index (χ4n) is 1.88. The van der Waals surface area contributed by atoms with Gasteiger partial charge in [0.05, 0.1) is 25.1 Å². The van der Waals surface area contributed by atoms with Gasteiger partial charge in [0.25, 0.3) is 0 Å². The largest absolute Gasteiger partial charge is 0.498 e. The first kappa shape index (κ1) is 7.12. The molecule has 0 bridgehead atoms. The van der Waals surface area contributed by atoms with Gasteiger partial charge in [-0.25, -0.2) is 4.68 Å². The van der Waals surface area contributed by atoms with Gasteiger partial charge in [-0.15, -0.1) is 0 Å². The van der Waals surface area contributed by atoms with Gasteiger partial charge in [-0.1, -0.05) is 12.1 Å². The van der Waals surface area contributed by atoms with Crippen LogP contribution in [0.2, 0.25) is 0 Å². The second kappa shape index (κ2) is 4.72. The topological polar surface area (TPSA) is 36.3 Å². The Kier molecular flexibility index (Phi) is 1.60. The van der Waals surface area contributed by atoms with E-state index in [1.807, 2.05) is 0 Å². The van der Waals surface area contributed by atoms with Gasteiger partial charge >= 0.3 is 7.12 Å². The Bertz CT molecular complexity index is 1020. The molecule has 21 heavy (non-hydrogen) atoms. The molecule has 5 heteroatoms. The van der Waals surface area contributed by atoms with E-state index < -0.39 is 72.9 Å². The summed E-state index contributed by atoms with van der Waals surface area (Å²) in [7, 11) is -1.10. The molecule has 0 saturated carbocycles. The van der Waals surface area contributed by atoms with Crippen molar-refractivity contribution in [2.45, 2.75) is 45.7 Å². The maximum atomic E-state index is 8.48. The molecule has 1 saturated heterocycles. The molecule has 2 aromatic rings. The number of nitrogens with zero attached hydrogens (tertiary/aromatic N) is 2. The molecule has 2 heterocycles. The van der Waals surface area contributed by atoms with Gasteiger partial charge < -0.3 is 9.31 Å². The second-order valence-electron chi connectivity index (χ2n) is 5.86. The summed E-state index contributed by atoms with van der Waals surface area (Å²) in [5.74, 6) is 0. The first-order chi connectivity index (χ1) is 13.5. The average molecular weight is 293 g/mol. The highest BCUT2D eigenvalue weighted by atomic mass is 16.7. The van der Waals surface area contributed by atoms with Crippen LogP contribution < -0.4 is 5.46 Å². The predicted octanol–water partition coefficient (Wildman–Crippen LogP) is 2.48. The van der Waals surface area contributed by atoms with Crippen LogP contribution in [0, 0.1) is 6.85 Å². The summed E-state index contributed by atoms with van der Waals surface area (Å²) in [4.78, 5) is 0. The summed E-state index contributed by atoms with van der Waals surface area (Å²) in [6.07, 6.45) is -0.816. The van der Waals surface area contributed by atoms with Gasteiger partial charge in [0.15, 0.2) is 0 Å². The first-order valence-electron chi connectivity index (χ1n) is 11.0. The fourth-order valence-corrected chi connectivity index (χ4v) is 1.88. The van der Waals surface area contributed by atoms with Crippen LogP contribution in [0.1, 0.15) is 45.6 Å². The zero-order chi connectivity index (χ0) is 23.0. The van der Waals surface area contributed by atoms with Crippen molar-refractivity contribution in [1.29, 1.82) is 0 Å². The molecule has 1 aromatic heterocycles. The van der Waals surface area contributed by atoms with E-state index in [0.29, 0.717) is 0 Å². The van der Waals surface area contributed by atoms with E-state index in [1.165, 1.54) is 0 Å². The Morgan fingerprint density at radius 1 is 1.24 bits per heavy atom. The Balaban J connectivity index is 2.24. The summed E-state index contributed by atoms with van der Waals surface area (Å²) in [6, 6.07) is -2.79. The number of hydrogen-bond donors (Lipinski definition) is 0. The lowest BCUT2D eigenvalue weighted by molar-refractivity contribution is 0.00578. The van der Waals surface area contributed by atoms with E-state index in [0.717, 1.165) is 4.68 Å². The molecule has 0 radical (unpaired) electrons. The molecule has 1 aliphatic rings. The molecule has 0 N–H and O–H groups in total. The molecule has 0 unspecified atom stereocenters. The van der Waals surface area contributed by atoms with Gasteiger partial charge in [-0.05, 0) is 52.2 Å². The molecule has 1 fully saturated rings. The van der Waals surface area contributed by atoms with Crippen LogP contribution in [0.4, 0.5) is 0 Å². The average Bonchev–Trinajstić information content (AvgIpc) is 2.96. The maximum absolute atomic E-state index is 8.48. The van der Waals surface area contributed by atoms with Crippen LogP contribution in [-0.2, 0) is 9.31 Å². The van der Waals surface area contributed by atoms with Gasteiger partial charge in [0.2, 0.25) is 0 Å². The third-order valence-electron chi connectivity index (χ3n) is 3.81. The molecule has 4 nitrogen and oxygen atoms in total. The zero-order valence-electron chi connectivity index (χ0n) is 21.3. The van der Waals surface area contributed by atoms with Crippen LogP contribution in [0.15, 0.2) is 36.5 Å². The summed E-state index contributed by atoms with van der Waals surface area (Å²) in [6.45, 7) is 4.33. The SMILES string of the molecule is [2H]c1nn(-c2c([2H])c([2H])c([2H])c(C([2H])([2H])[2H])c2[2H])c([2H])c1B1OC(C)(C)C(C)(C)O1. The minimum atomic E-state index is -2.87. The maximum Gasteiger partial charge on any atom is 0.498 e. The number of aromatic nitrogens is 2. The van der Waals surface area contributed by atoms with Gasteiger partial charge in [-0.3, -0.25) is 0 Å². The van der Waals surface area contributed by atoms with Gasteiger partial charge in [0.1, 0.15) is 0 Å². The highest BCUT2D eigenvalue weighted by Gasteiger charge is 2.52. The summed E-state index contributed by atoms with van der Waals surface area (Å²) in [5, 5.41) is 3.90. The van der Waals surface area contributed by atoms with Crippen molar-refractivity contribution in [2.75, 3.05) is 0 Å². The Morgan fingerprint density at radius 3 is 2.62 bits per heavy atom. The molecule has 1 aliphatic heterocycles. The van der Waals surface area contributed by atoms with E-state index in [-0.39, 0.29) is 5.46 Å². The van der Waals surface area contributed by atoms with Crippen molar-refractivity contribution in [3.8, 4) is 5.69 Å². The summed E-state index contributed by atoms with van der Waals surface area (Å²) in [5.41, 5.74) is -2.69. The molecule has 0 aliphatic carbocycles. The lowest BCUT2D eigenvalue weighted by Crippen LogP contribution is -2.41. The lowest BCUT2D eigenvalue weighted by atomic mass is 9.82. The Labute approximate surface area is 138 Å². The van der Waals surface area contributed by atoms with Crippen LogP contribution in [0.25, 0.3) is 5.69 Å². The second-order valence-corrected chi connectivity index (χ2v) is 5.86. The third kappa shape index (κ3) is 2.52. The quantitative estimate of drug-likeness (QED) is 0.798. The van der Waals surface area contributed by atoms with Crippen molar-refractivity contribution in [1.82, 2.24) is 9.78 Å². The van der Waals surface area contributed by atoms with E-state index in [9.17, 15) is 0 Å².